The van der Waals surface area contributed by atoms with Crippen LogP contribution in [0.25, 0.3) is 17.2 Å². The smallest absolute Gasteiger partial charge is 0.201 e. The molecule has 0 heterocycles. The lowest BCUT2D eigenvalue weighted by Crippen LogP contribution is -2.13. The minimum absolute atomic E-state index is 0.0976. The van der Waals surface area contributed by atoms with E-state index in [0.29, 0.717) is 29.5 Å². The molecule has 1 saturated carbocycles. The highest BCUT2D eigenvalue weighted by molar-refractivity contribution is 5.65. The van der Waals surface area contributed by atoms with Crippen molar-refractivity contribution in [1.29, 1.82) is 0 Å². The third-order valence-electron chi connectivity index (χ3n) is 6.70. The molecule has 3 aromatic rings. The van der Waals surface area contributed by atoms with Gasteiger partial charge in [-0.2, -0.15) is 4.39 Å². The topological polar surface area (TPSA) is 29.5 Å². The van der Waals surface area contributed by atoms with Crippen LogP contribution in [0.2, 0.25) is 0 Å². The van der Waals surface area contributed by atoms with E-state index in [2.05, 4.69) is 0 Å². The Morgan fingerprint density at radius 1 is 0.829 bits per heavy atom. The standard InChI is InChI=1S/C29H28F4O2/c1-2-35-25-16-13-22(26(30)29(25)33)12-5-18-3-8-20(9-4-18)23-14-15-24(28(32)27(23)31)21-10-6-19(17-34)7-11-21/h5-7,10-16,18,20,34H,2-4,8-9,17H2,1H3. The fourth-order valence-electron chi connectivity index (χ4n) is 4.70. The van der Waals surface area contributed by atoms with Gasteiger partial charge in [0.1, 0.15) is 0 Å². The molecule has 2 nitrogen and oxygen atoms in total. The van der Waals surface area contributed by atoms with Crippen molar-refractivity contribution < 1.29 is 27.4 Å². The largest absolute Gasteiger partial charge is 0.491 e. The first-order valence-electron chi connectivity index (χ1n) is 11.9. The van der Waals surface area contributed by atoms with Crippen LogP contribution in [0.15, 0.2) is 54.6 Å². The molecule has 1 aliphatic carbocycles. The molecule has 0 spiro atoms. The van der Waals surface area contributed by atoms with Gasteiger partial charge in [-0.3, -0.25) is 0 Å². The van der Waals surface area contributed by atoms with Crippen molar-refractivity contribution in [3.05, 3.63) is 94.6 Å². The van der Waals surface area contributed by atoms with Gasteiger partial charge in [0.25, 0.3) is 0 Å². The van der Waals surface area contributed by atoms with Gasteiger partial charge in [0, 0.05) is 11.1 Å². The van der Waals surface area contributed by atoms with E-state index in [1.54, 1.807) is 49.4 Å². The number of aliphatic hydroxyl groups excluding tert-OH is 1. The summed E-state index contributed by atoms with van der Waals surface area (Å²) in [6, 6.07) is 12.9. The molecular formula is C29H28F4O2. The van der Waals surface area contributed by atoms with E-state index in [-0.39, 0.29) is 41.9 Å². The van der Waals surface area contributed by atoms with E-state index in [0.717, 1.165) is 12.8 Å². The lowest BCUT2D eigenvalue weighted by molar-refractivity contribution is 0.282. The third-order valence-corrected chi connectivity index (χ3v) is 6.70. The van der Waals surface area contributed by atoms with Crippen LogP contribution in [-0.2, 0) is 6.61 Å². The lowest BCUT2D eigenvalue weighted by atomic mass is 9.78. The Hall–Kier alpha value is -3.12. The highest BCUT2D eigenvalue weighted by Crippen LogP contribution is 2.39. The Bertz CT molecular complexity index is 1200. The molecule has 3 aromatic carbocycles. The highest BCUT2D eigenvalue weighted by atomic mass is 19.2. The monoisotopic (exact) mass is 484 g/mol. The van der Waals surface area contributed by atoms with Crippen molar-refractivity contribution in [2.24, 2.45) is 5.92 Å². The van der Waals surface area contributed by atoms with Gasteiger partial charge in [-0.25, -0.2) is 13.2 Å². The summed E-state index contributed by atoms with van der Waals surface area (Å²) >= 11 is 0. The van der Waals surface area contributed by atoms with Crippen molar-refractivity contribution in [2.75, 3.05) is 6.61 Å². The molecule has 0 saturated heterocycles. The summed E-state index contributed by atoms with van der Waals surface area (Å²) in [7, 11) is 0. The zero-order valence-corrected chi connectivity index (χ0v) is 19.5. The Labute approximate surface area is 202 Å². The van der Waals surface area contributed by atoms with Gasteiger partial charge in [0.2, 0.25) is 5.82 Å². The second-order valence-corrected chi connectivity index (χ2v) is 8.87. The molecule has 184 valence electrons. The minimum Gasteiger partial charge on any atom is -0.491 e. The highest BCUT2D eigenvalue weighted by Gasteiger charge is 2.26. The number of benzene rings is 3. The Kier molecular flexibility index (Phi) is 7.91. The molecule has 35 heavy (non-hydrogen) atoms. The molecule has 0 aromatic heterocycles. The molecule has 0 aliphatic heterocycles. The zero-order chi connectivity index (χ0) is 24.9. The number of hydrogen-bond acceptors (Lipinski definition) is 2. The van der Waals surface area contributed by atoms with Crippen LogP contribution >= 0.6 is 0 Å². The number of ether oxygens (including phenoxy) is 1. The van der Waals surface area contributed by atoms with E-state index < -0.39 is 23.3 Å². The van der Waals surface area contributed by atoms with Crippen molar-refractivity contribution in [3.8, 4) is 16.9 Å². The fraction of sp³-hybridized carbons (Fsp3) is 0.310. The number of halogens is 4. The lowest BCUT2D eigenvalue weighted by Gasteiger charge is -2.27. The molecule has 1 N–H and O–H groups in total. The summed E-state index contributed by atoms with van der Waals surface area (Å²) in [5, 5.41) is 9.17. The fourth-order valence-corrected chi connectivity index (χ4v) is 4.70. The zero-order valence-electron chi connectivity index (χ0n) is 19.5. The summed E-state index contributed by atoms with van der Waals surface area (Å²) < 4.78 is 63.4. The van der Waals surface area contributed by atoms with Crippen LogP contribution in [-0.4, -0.2) is 11.7 Å². The summed E-state index contributed by atoms with van der Waals surface area (Å²) in [4.78, 5) is 0. The molecule has 0 atom stereocenters. The first kappa shape index (κ1) is 25.0. The maximum absolute atomic E-state index is 15.0. The first-order valence-corrected chi connectivity index (χ1v) is 11.9. The molecule has 0 amide bonds. The molecule has 0 radical (unpaired) electrons. The van der Waals surface area contributed by atoms with Crippen molar-refractivity contribution in [3.63, 3.8) is 0 Å². The average molecular weight is 485 g/mol. The second-order valence-electron chi connectivity index (χ2n) is 8.87. The predicted molar refractivity (Wildman–Crippen MR) is 129 cm³/mol. The molecule has 6 heteroatoms. The Morgan fingerprint density at radius 2 is 1.54 bits per heavy atom. The van der Waals surface area contributed by atoms with E-state index >= 15 is 0 Å². The Balaban J connectivity index is 1.42. The molecule has 4 rings (SSSR count). The maximum Gasteiger partial charge on any atom is 0.201 e. The van der Waals surface area contributed by atoms with Gasteiger partial charge in [-0.15, -0.1) is 0 Å². The van der Waals surface area contributed by atoms with Gasteiger partial charge < -0.3 is 9.84 Å². The van der Waals surface area contributed by atoms with Crippen LogP contribution in [0.1, 0.15) is 55.2 Å². The quantitative estimate of drug-likeness (QED) is 0.347. The van der Waals surface area contributed by atoms with Crippen molar-refractivity contribution in [1.82, 2.24) is 0 Å². The second kappa shape index (κ2) is 11.1. The number of rotatable bonds is 7. The summed E-state index contributed by atoms with van der Waals surface area (Å²) in [5.74, 6) is -3.68. The molecular weight excluding hydrogens is 456 g/mol. The van der Waals surface area contributed by atoms with E-state index in [4.69, 9.17) is 9.84 Å². The number of aliphatic hydroxyl groups is 1. The average Bonchev–Trinajstić information content (AvgIpc) is 2.88. The van der Waals surface area contributed by atoms with E-state index in [1.165, 1.54) is 12.1 Å². The Morgan fingerprint density at radius 3 is 2.20 bits per heavy atom. The van der Waals surface area contributed by atoms with Gasteiger partial charge in [-0.1, -0.05) is 48.6 Å². The molecule has 0 unspecified atom stereocenters. The van der Waals surface area contributed by atoms with Crippen LogP contribution in [0.4, 0.5) is 17.6 Å². The van der Waals surface area contributed by atoms with Crippen LogP contribution in [0, 0.1) is 29.2 Å². The summed E-state index contributed by atoms with van der Waals surface area (Å²) in [6.07, 6.45) is 6.29. The van der Waals surface area contributed by atoms with Crippen LogP contribution < -0.4 is 4.74 Å². The van der Waals surface area contributed by atoms with Gasteiger partial charge in [0.15, 0.2) is 23.2 Å². The predicted octanol–water partition coefficient (Wildman–Crippen LogP) is 7.79. The SMILES string of the molecule is CCOc1ccc(C=CC2CCC(c3ccc(-c4ccc(CO)cc4)c(F)c3F)CC2)c(F)c1F. The first-order chi connectivity index (χ1) is 16.9. The maximum atomic E-state index is 15.0. The summed E-state index contributed by atoms with van der Waals surface area (Å²) in [6.45, 7) is 1.84. The van der Waals surface area contributed by atoms with Gasteiger partial charge in [-0.05, 0) is 73.3 Å². The third kappa shape index (κ3) is 5.43. The van der Waals surface area contributed by atoms with Crippen molar-refractivity contribution >= 4 is 6.08 Å². The molecule has 1 fully saturated rings. The number of allylic oxidation sites excluding steroid dienone is 1. The normalized spacial score (nSPS) is 18.2. The van der Waals surface area contributed by atoms with Gasteiger partial charge >= 0.3 is 0 Å². The minimum atomic E-state index is -0.997. The number of hydrogen-bond donors (Lipinski definition) is 1. The van der Waals surface area contributed by atoms with Gasteiger partial charge in [0.05, 0.1) is 13.2 Å². The van der Waals surface area contributed by atoms with Crippen LogP contribution in [0.5, 0.6) is 5.75 Å². The molecule has 0 bridgehead atoms. The van der Waals surface area contributed by atoms with E-state index in [1.807, 2.05) is 6.08 Å². The van der Waals surface area contributed by atoms with Crippen molar-refractivity contribution in [2.45, 2.75) is 45.1 Å². The molecule has 1 aliphatic rings. The van der Waals surface area contributed by atoms with Crippen LogP contribution in [0.3, 0.4) is 0 Å². The van der Waals surface area contributed by atoms with E-state index in [9.17, 15) is 17.6 Å². The summed E-state index contributed by atoms with van der Waals surface area (Å²) in [5.41, 5.74) is 1.98.